The lowest BCUT2D eigenvalue weighted by Crippen LogP contribution is -1.94. The topological polar surface area (TPSA) is 51.5 Å². The number of rotatable bonds is 1. The molecule has 0 fully saturated rings. The maximum atomic E-state index is 8.95. The number of hydrogen-bond donors (Lipinski definition) is 0. The van der Waals surface area contributed by atoms with Gasteiger partial charge < -0.3 is 14.2 Å². The van der Waals surface area contributed by atoms with Crippen molar-refractivity contribution in [1.82, 2.24) is 0 Å². The van der Waals surface area contributed by atoms with Crippen molar-refractivity contribution in [3.63, 3.8) is 0 Å². The molecule has 0 amide bonds. The molecule has 0 bridgehead atoms. The summed E-state index contributed by atoms with van der Waals surface area (Å²) in [5.41, 5.74) is 0.356. The van der Waals surface area contributed by atoms with Gasteiger partial charge in [0.1, 0.15) is 11.6 Å². The number of ether oxygens (including phenoxy) is 3. The SMILES string of the molecule is COc1c(Br)cc2c(c1C#N)OCO2. The molecule has 1 heterocycles. The molecule has 72 valence electrons. The van der Waals surface area contributed by atoms with E-state index in [1.54, 1.807) is 6.07 Å². The van der Waals surface area contributed by atoms with Crippen molar-refractivity contribution in [3.05, 3.63) is 16.1 Å². The van der Waals surface area contributed by atoms with Gasteiger partial charge in [-0.1, -0.05) is 0 Å². The molecule has 0 spiro atoms. The average Bonchev–Trinajstić information content (AvgIpc) is 2.62. The van der Waals surface area contributed by atoms with Gasteiger partial charge in [-0.2, -0.15) is 5.26 Å². The normalized spacial score (nSPS) is 12.4. The summed E-state index contributed by atoms with van der Waals surface area (Å²) in [6, 6.07) is 3.75. The third-order valence-corrected chi connectivity index (χ3v) is 2.48. The highest BCUT2D eigenvalue weighted by Crippen LogP contribution is 2.44. The molecule has 5 heteroatoms. The molecule has 4 nitrogen and oxygen atoms in total. The third kappa shape index (κ3) is 1.19. The van der Waals surface area contributed by atoms with Crippen LogP contribution in [0.1, 0.15) is 5.56 Å². The maximum Gasteiger partial charge on any atom is 0.231 e. The number of hydrogen-bond acceptors (Lipinski definition) is 4. The Bertz CT molecular complexity index is 421. The summed E-state index contributed by atoms with van der Waals surface area (Å²) in [6.45, 7) is 0.142. The molecule has 0 saturated carbocycles. The molecular formula is C9H6BrNO3. The second-order valence-corrected chi connectivity index (χ2v) is 3.47. The van der Waals surface area contributed by atoms with Crippen molar-refractivity contribution in [1.29, 1.82) is 5.26 Å². The van der Waals surface area contributed by atoms with E-state index in [0.717, 1.165) is 0 Å². The number of nitrogens with zero attached hydrogens (tertiary/aromatic N) is 1. The Balaban J connectivity index is 2.70. The summed E-state index contributed by atoms with van der Waals surface area (Å²) in [4.78, 5) is 0. The van der Waals surface area contributed by atoms with E-state index in [4.69, 9.17) is 19.5 Å². The molecule has 0 radical (unpaired) electrons. The van der Waals surface area contributed by atoms with Crippen LogP contribution in [-0.4, -0.2) is 13.9 Å². The average molecular weight is 256 g/mol. The second kappa shape index (κ2) is 3.39. The second-order valence-electron chi connectivity index (χ2n) is 2.61. The van der Waals surface area contributed by atoms with Crippen LogP contribution < -0.4 is 14.2 Å². The monoisotopic (exact) mass is 255 g/mol. The van der Waals surface area contributed by atoms with Crippen molar-refractivity contribution in [2.75, 3.05) is 13.9 Å². The van der Waals surface area contributed by atoms with Crippen molar-refractivity contribution < 1.29 is 14.2 Å². The molecule has 1 aromatic rings. The smallest absolute Gasteiger partial charge is 0.231 e. The minimum Gasteiger partial charge on any atom is -0.494 e. The molecule has 14 heavy (non-hydrogen) atoms. The Morgan fingerprint density at radius 2 is 2.36 bits per heavy atom. The highest BCUT2D eigenvalue weighted by atomic mass is 79.9. The molecule has 2 rings (SSSR count). The van der Waals surface area contributed by atoms with Gasteiger partial charge >= 0.3 is 0 Å². The summed E-state index contributed by atoms with van der Waals surface area (Å²) >= 11 is 3.29. The summed E-state index contributed by atoms with van der Waals surface area (Å²) in [7, 11) is 1.50. The zero-order valence-corrected chi connectivity index (χ0v) is 8.92. The molecule has 0 saturated heterocycles. The van der Waals surface area contributed by atoms with Crippen LogP contribution in [-0.2, 0) is 0 Å². The van der Waals surface area contributed by atoms with Gasteiger partial charge in [0.25, 0.3) is 0 Å². The highest BCUT2D eigenvalue weighted by Gasteiger charge is 2.24. The Kier molecular flexibility index (Phi) is 2.22. The van der Waals surface area contributed by atoms with Gasteiger partial charge in [0.15, 0.2) is 17.2 Å². The van der Waals surface area contributed by atoms with E-state index in [2.05, 4.69) is 15.9 Å². The first-order valence-electron chi connectivity index (χ1n) is 3.84. The van der Waals surface area contributed by atoms with Crippen molar-refractivity contribution in [2.24, 2.45) is 0 Å². The summed E-state index contributed by atoms with van der Waals surface area (Å²) in [5, 5.41) is 8.95. The van der Waals surface area contributed by atoms with Crippen LogP contribution in [0.25, 0.3) is 0 Å². The quantitative estimate of drug-likeness (QED) is 0.771. The summed E-state index contributed by atoms with van der Waals surface area (Å²) in [6.07, 6.45) is 0. The molecule has 1 aliphatic heterocycles. The first kappa shape index (κ1) is 9.16. The van der Waals surface area contributed by atoms with E-state index in [-0.39, 0.29) is 6.79 Å². The molecule has 1 aromatic carbocycles. The Labute approximate surface area is 89.1 Å². The number of fused-ring (bicyclic) bond motifs is 1. The zero-order valence-electron chi connectivity index (χ0n) is 7.33. The van der Waals surface area contributed by atoms with Crippen LogP contribution in [0, 0.1) is 11.3 Å². The zero-order chi connectivity index (χ0) is 10.1. The number of halogens is 1. The fourth-order valence-electron chi connectivity index (χ4n) is 1.30. The van der Waals surface area contributed by atoms with E-state index >= 15 is 0 Å². The maximum absolute atomic E-state index is 8.95. The van der Waals surface area contributed by atoms with Crippen LogP contribution in [0.15, 0.2) is 10.5 Å². The van der Waals surface area contributed by atoms with Gasteiger partial charge in [0.2, 0.25) is 6.79 Å². The predicted octanol–water partition coefficient (Wildman–Crippen LogP) is 2.06. The number of nitriles is 1. The summed E-state index contributed by atoms with van der Waals surface area (Å²) in [5.74, 6) is 1.48. The molecule has 0 aliphatic carbocycles. The summed E-state index contributed by atoms with van der Waals surface area (Å²) < 4.78 is 16.1. The number of benzene rings is 1. The van der Waals surface area contributed by atoms with E-state index in [1.165, 1.54) is 7.11 Å². The van der Waals surface area contributed by atoms with Gasteiger partial charge in [-0.3, -0.25) is 0 Å². The van der Waals surface area contributed by atoms with Crippen LogP contribution >= 0.6 is 15.9 Å². The number of methoxy groups -OCH3 is 1. The van der Waals surface area contributed by atoms with Crippen molar-refractivity contribution in [3.8, 4) is 23.3 Å². The Morgan fingerprint density at radius 3 is 3.00 bits per heavy atom. The van der Waals surface area contributed by atoms with Crippen LogP contribution in [0.2, 0.25) is 0 Å². The lowest BCUT2D eigenvalue weighted by atomic mass is 10.2. The van der Waals surface area contributed by atoms with Gasteiger partial charge in [-0.15, -0.1) is 0 Å². The Morgan fingerprint density at radius 1 is 1.57 bits per heavy atom. The standard InChI is InChI=1S/C9H6BrNO3/c1-12-8-5(3-11)9-7(2-6(8)10)13-4-14-9/h2H,4H2,1H3. The van der Waals surface area contributed by atoms with Crippen LogP contribution in [0.5, 0.6) is 17.2 Å². The van der Waals surface area contributed by atoms with E-state index in [0.29, 0.717) is 27.3 Å². The van der Waals surface area contributed by atoms with Gasteiger partial charge in [-0.05, 0) is 15.9 Å². The molecule has 0 N–H and O–H groups in total. The van der Waals surface area contributed by atoms with E-state index < -0.39 is 0 Å². The largest absolute Gasteiger partial charge is 0.494 e. The lowest BCUT2D eigenvalue weighted by Gasteiger charge is -2.07. The molecule has 1 aliphatic rings. The third-order valence-electron chi connectivity index (χ3n) is 1.89. The minimum atomic E-state index is 0.142. The first-order valence-corrected chi connectivity index (χ1v) is 4.63. The van der Waals surface area contributed by atoms with Crippen LogP contribution in [0.3, 0.4) is 0 Å². The van der Waals surface area contributed by atoms with Crippen LogP contribution in [0.4, 0.5) is 0 Å². The van der Waals surface area contributed by atoms with E-state index in [1.807, 2.05) is 6.07 Å². The molecule has 0 atom stereocenters. The first-order chi connectivity index (χ1) is 6.77. The molecule has 0 aromatic heterocycles. The van der Waals surface area contributed by atoms with Gasteiger partial charge in [-0.25, -0.2) is 0 Å². The minimum absolute atomic E-state index is 0.142. The van der Waals surface area contributed by atoms with Crippen molar-refractivity contribution >= 4 is 15.9 Å². The fraction of sp³-hybridized carbons (Fsp3) is 0.222. The predicted molar refractivity (Wildman–Crippen MR) is 51.5 cm³/mol. The molecular weight excluding hydrogens is 250 g/mol. The molecule has 0 unspecified atom stereocenters. The van der Waals surface area contributed by atoms with Gasteiger partial charge in [0.05, 0.1) is 11.6 Å². The van der Waals surface area contributed by atoms with E-state index in [9.17, 15) is 0 Å². The Hall–Kier alpha value is -1.41. The highest BCUT2D eigenvalue weighted by molar-refractivity contribution is 9.10. The van der Waals surface area contributed by atoms with Gasteiger partial charge in [0, 0.05) is 6.07 Å². The van der Waals surface area contributed by atoms with Crippen molar-refractivity contribution in [2.45, 2.75) is 0 Å². The fourth-order valence-corrected chi connectivity index (χ4v) is 1.86. The lowest BCUT2D eigenvalue weighted by molar-refractivity contribution is 0.173.